The van der Waals surface area contributed by atoms with Crippen molar-refractivity contribution in [1.29, 1.82) is 5.26 Å². The summed E-state index contributed by atoms with van der Waals surface area (Å²) in [6.07, 6.45) is 0.301. The highest BCUT2D eigenvalue weighted by atomic mass is 35.5. The maximum absolute atomic E-state index is 15.9. The van der Waals surface area contributed by atoms with Crippen LogP contribution in [-0.4, -0.2) is 38.6 Å². The molecule has 10 heteroatoms. The molecule has 0 aliphatic carbocycles. The Morgan fingerprint density at radius 2 is 1.70 bits per heavy atom. The molecule has 1 N–H and O–H groups in total. The summed E-state index contributed by atoms with van der Waals surface area (Å²) in [7, 11) is -2.13. The molecular weight excluding hydrogens is 609 g/mol. The fraction of sp³-hybridized carbons (Fsp3) is 0.576. The van der Waals surface area contributed by atoms with Gasteiger partial charge in [-0.1, -0.05) is 76.0 Å². The van der Waals surface area contributed by atoms with Crippen molar-refractivity contribution in [3.63, 3.8) is 0 Å². The highest BCUT2D eigenvalue weighted by Crippen LogP contribution is 2.53. The van der Waals surface area contributed by atoms with E-state index in [1.807, 2.05) is 13.8 Å². The molecule has 1 aliphatic rings. The fourth-order valence-electron chi connectivity index (χ4n) is 5.49. The summed E-state index contributed by atoms with van der Waals surface area (Å²) in [5.74, 6) is -3.37. The minimum atomic E-state index is -2.13. The van der Waals surface area contributed by atoms with Gasteiger partial charge in [-0.25, -0.2) is 8.78 Å². The van der Waals surface area contributed by atoms with Crippen LogP contribution < -0.4 is 5.32 Å². The molecule has 1 saturated heterocycles. The molecule has 0 saturated carbocycles. The second kappa shape index (κ2) is 12.4. The van der Waals surface area contributed by atoms with Crippen LogP contribution in [0, 0.1) is 28.4 Å². The number of halogens is 4. The summed E-state index contributed by atoms with van der Waals surface area (Å²) >= 11 is 12.3. The van der Waals surface area contributed by atoms with Crippen molar-refractivity contribution in [1.82, 2.24) is 5.32 Å². The lowest BCUT2D eigenvalue weighted by Gasteiger charge is -2.41. The van der Waals surface area contributed by atoms with Crippen LogP contribution in [0.4, 0.5) is 8.78 Å². The van der Waals surface area contributed by atoms with Gasteiger partial charge in [-0.15, -0.1) is 0 Å². The number of rotatable bonds is 8. The van der Waals surface area contributed by atoms with Crippen LogP contribution in [0.25, 0.3) is 0 Å². The van der Waals surface area contributed by atoms with Gasteiger partial charge in [0, 0.05) is 29.2 Å². The van der Waals surface area contributed by atoms with Crippen molar-refractivity contribution < 1.29 is 22.7 Å². The van der Waals surface area contributed by atoms with Crippen molar-refractivity contribution >= 4 is 37.5 Å². The average molecular weight is 654 g/mol. The standard InChI is InChI=1S/C33H44Cl2F2N2O3Si/c1-30(2,3)42-29(40)28-26(21-12-11-13-23(35)27(21)37)33(18-38,22-15-14-20(34)16-24(22)36)25(39-28)17-32(7,8)19-41-43(9,10)31(4,5)6/h11-16,25-26,28,39H,17,19H2,1-10H3. The molecule has 43 heavy (non-hydrogen) atoms. The van der Waals surface area contributed by atoms with Gasteiger partial charge in [0.2, 0.25) is 0 Å². The molecular formula is C33H44Cl2F2N2O3Si. The second-order valence-electron chi connectivity index (χ2n) is 14.9. The Morgan fingerprint density at radius 3 is 2.23 bits per heavy atom. The van der Waals surface area contributed by atoms with Crippen molar-refractivity contribution in [2.75, 3.05) is 6.61 Å². The molecule has 2 aromatic carbocycles. The third kappa shape index (κ3) is 7.45. The van der Waals surface area contributed by atoms with Gasteiger partial charge >= 0.3 is 5.97 Å². The number of hydrogen-bond acceptors (Lipinski definition) is 5. The number of nitrogens with one attached hydrogen (secondary N) is 1. The number of nitrogens with zero attached hydrogens (tertiary/aromatic N) is 1. The number of nitriles is 1. The van der Waals surface area contributed by atoms with Crippen molar-refractivity contribution in [2.24, 2.45) is 5.41 Å². The minimum Gasteiger partial charge on any atom is -0.459 e. The lowest BCUT2D eigenvalue weighted by atomic mass is 9.62. The lowest BCUT2D eigenvalue weighted by Crippen LogP contribution is -2.48. The maximum Gasteiger partial charge on any atom is 0.324 e. The zero-order chi connectivity index (χ0) is 32.8. The molecule has 236 valence electrons. The fourth-order valence-corrected chi connectivity index (χ4v) is 7.02. The second-order valence-corrected chi connectivity index (χ2v) is 20.5. The van der Waals surface area contributed by atoms with E-state index in [-0.39, 0.29) is 26.2 Å². The highest BCUT2D eigenvalue weighted by Gasteiger charge is 2.62. The van der Waals surface area contributed by atoms with E-state index >= 15 is 8.78 Å². The van der Waals surface area contributed by atoms with Gasteiger partial charge in [-0.3, -0.25) is 10.1 Å². The first-order valence-electron chi connectivity index (χ1n) is 14.5. The molecule has 0 radical (unpaired) electrons. The Morgan fingerprint density at radius 1 is 1.07 bits per heavy atom. The van der Waals surface area contributed by atoms with Crippen LogP contribution in [0.1, 0.15) is 78.9 Å². The molecule has 4 unspecified atom stereocenters. The summed E-state index contributed by atoms with van der Waals surface area (Å²) < 4.78 is 44.1. The van der Waals surface area contributed by atoms with E-state index in [1.54, 1.807) is 26.8 Å². The topological polar surface area (TPSA) is 71.3 Å². The van der Waals surface area contributed by atoms with Gasteiger partial charge in [-0.2, -0.15) is 5.26 Å². The Labute approximate surface area is 266 Å². The minimum absolute atomic E-state index is 0.00782. The van der Waals surface area contributed by atoms with Gasteiger partial charge in [0.25, 0.3) is 0 Å². The molecule has 0 bridgehead atoms. The first-order chi connectivity index (χ1) is 19.6. The number of ether oxygens (including phenoxy) is 1. The predicted molar refractivity (Wildman–Crippen MR) is 171 cm³/mol. The van der Waals surface area contributed by atoms with E-state index in [0.29, 0.717) is 13.0 Å². The normalized spacial score (nSPS) is 23.2. The van der Waals surface area contributed by atoms with Gasteiger partial charge in [-0.05, 0) is 74.5 Å². The largest absolute Gasteiger partial charge is 0.459 e. The van der Waals surface area contributed by atoms with Crippen LogP contribution in [0.3, 0.4) is 0 Å². The zero-order valence-corrected chi connectivity index (χ0v) is 29.3. The monoisotopic (exact) mass is 652 g/mol. The SMILES string of the molecule is CC(C)(CO[Si](C)(C)C(C)(C)C)CC1NC(C(=O)OC(C)(C)C)C(c2cccc(Cl)c2F)C1(C#N)c1ccc(Cl)cc1F. The van der Waals surface area contributed by atoms with Crippen LogP contribution in [0.2, 0.25) is 28.2 Å². The van der Waals surface area contributed by atoms with Crippen molar-refractivity contribution in [3.05, 3.63) is 69.2 Å². The van der Waals surface area contributed by atoms with Gasteiger partial charge in [0.05, 0.1) is 11.1 Å². The van der Waals surface area contributed by atoms with E-state index in [9.17, 15) is 10.1 Å². The molecule has 0 amide bonds. The Hall–Kier alpha value is -2.02. The molecule has 2 aromatic rings. The molecule has 5 nitrogen and oxygen atoms in total. The molecule has 0 spiro atoms. The van der Waals surface area contributed by atoms with Crippen LogP contribution >= 0.6 is 23.2 Å². The summed E-state index contributed by atoms with van der Waals surface area (Å²) in [5, 5.41) is 14.4. The van der Waals surface area contributed by atoms with Gasteiger partial charge in [0.1, 0.15) is 28.7 Å². The van der Waals surface area contributed by atoms with Gasteiger partial charge in [0.15, 0.2) is 8.32 Å². The number of hydrogen-bond donors (Lipinski definition) is 1. The summed E-state index contributed by atoms with van der Waals surface area (Å²) in [6.45, 7) is 20.4. The van der Waals surface area contributed by atoms with E-state index in [0.717, 1.165) is 6.07 Å². The van der Waals surface area contributed by atoms with Crippen LogP contribution in [-0.2, 0) is 19.4 Å². The van der Waals surface area contributed by atoms with E-state index in [4.69, 9.17) is 32.4 Å². The average Bonchev–Trinajstić information content (AvgIpc) is 3.17. The first kappa shape index (κ1) is 35.5. The van der Waals surface area contributed by atoms with Crippen molar-refractivity contribution in [3.8, 4) is 6.07 Å². The quantitative estimate of drug-likeness (QED) is 0.228. The first-order valence-corrected chi connectivity index (χ1v) is 18.2. The third-order valence-corrected chi connectivity index (χ3v) is 13.7. The van der Waals surface area contributed by atoms with E-state index < -0.39 is 60.4 Å². The van der Waals surface area contributed by atoms with Gasteiger partial charge < -0.3 is 9.16 Å². The number of benzene rings is 2. The molecule has 1 aliphatic heterocycles. The summed E-state index contributed by atoms with van der Waals surface area (Å²) in [6, 6.07) is 8.87. The van der Waals surface area contributed by atoms with Crippen LogP contribution in [0.15, 0.2) is 36.4 Å². The number of carbonyl (C=O) groups is 1. The third-order valence-electron chi connectivity index (χ3n) is 8.68. The Bertz CT molecular complexity index is 1400. The number of esters is 1. The Balaban J connectivity index is 2.26. The van der Waals surface area contributed by atoms with E-state index in [2.05, 4.69) is 45.3 Å². The summed E-state index contributed by atoms with van der Waals surface area (Å²) in [4.78, 5) is 13.8. The Kier molecular flexibility index (Phi) is 10.2. The summed E-state index contributed by atoms with van der Waals surface area (Å²) in [5.41, 5.74) is -3.13. The maximum atomic E-state index is 15.9. The molecule has 1 heterocycles. The molecule has 4 atom stereocenters. The van der Waals surface area contributed by atoms with E-state index in [1.165, 1.54) is 24.3 Å². The molecule has 0 aromatic heterocycles. The highest BCUT2D eigenvalue weighted by molar-refractivity contribution is 6.74. The molecule has 3 rings (SSSR count). The number of carbonyl (C=O) groups excluding carboxylic acids is 1. The van der Waals surface area contributed by atoms with Crippen molar-refractivity contribution in [2.45, 2.75) is 109 Å². The zero-order valence-electron chi connectivity index (χ0n) is 26.8. The van der Waals surface area contributed by atoms with Crippen LogP contribution in [0.5, 0.6) is 0 Å². The predicted octanol–water partition coefficient (Wildman–Crippen LogP) is 8.94. The lowest BCUT2D eigenvalue weighted by molar-refractivity contribution is -0.157. The smallest absolute Gasteiger partial charge is 0.324 e. The molecule has 1 fully saturated rings.